The minimum Gasteiger partial charge on any atom is -0.481 e. The molecule has 0 aromatic rings. The fraction of sp³-hybridized carbons (Fsp3) is 0.938. The quantitative estimate of drug-likeness (QED) is 0.691. The van der Waals surface area contributed by atoms with Crippen molar-refractivity contribution in [2.24, 2.45) is 10.8 Å². The number of ether oxygens (including phenoxy) is 2. The summed E-state index contributed by atoms with van der Waals surface area (Å²) in [4.78, 5) is 11.3. The molecule has 1 aliphatic rings. The predicted octanol–water partition coefficient (Wildman–Crippen LogP) is 1.78. The lowest BCUT2D eigenvalue weighted by molar-refractivity contribution is -0.284. The highest BCUT2D eigenvalue weighted by atomic mass is 16.7. The molecule has 0 amide bonds. The van der Waals surface area contributed by atoms with Crippen molar-refractivity contribution in [1.82, 2.24) is 0 Å². The fourth-order valence-corrected chi connectivity index (χ4v) is 2.81. The molecule has 3 N–H and O–H groups in total. The van der Waals surface area contributed by atoms with E-state index in [1.807, 2.05) is 20.8 Å². The van der Waals surface area contributed by atoms with E-state index in [0.717, 1.165) is 0 Å². The van der Waals surface area contributed by atoms with Crippen LogP contribution in [0.4, 0.5) is 0 Å². The van der Waals surface area contributed by atoms with Gasteiger partial charge in [-0.1, -0.05) is 13.8 Å². The van der Waals surface area contributed by atoms with Gasteiger partial charge in [0.05, 0.1) is 23.7 Å². The Kier molecular flexibility index (Phi) is 6.01. The van der Waals surface area contributed by atoms with E-state index in [9.17, 15) is 20.1 Å². The first-order chi connectivity index (χ1) is 9.86. The molecular formula is C16H30O6. The average Bonchev–Trinajstić information content (AvgIpc) is 2.34. The van der Waals surface area contributed by atoms with E-state index in [-0.39, 0.29) is 12.5 Å². The third-order valence-electron chi connectivity index (χ3n) is 4.60. The lowest BCUT2D eigenvalue weighted by atomic mass is 9.72. The molecule has 130 valence electrons. The smallest absolute Gasteiger partial charge is 0.309 e. The number of hydrogen-bond acceptors (Lipinski definition) is 5. The van der Waals surface area contributed by atoms with Crippen LogP contribution in [-0.2, 0) is 14.3 Å². The van der Waals surface area contributed by atoms with Crippen molar-refractivity contribution >= 4 is 5.97 Å². The van der Waals surface area contributed by atoms with Gasteiger partial charge >= 0.3 is 5.97 Å². The zero-order valence-corrected chi connectivity index (χ0v) is 14.4. The van der Waals surface area contributed by atoms with Gasteiger partial charge in [-0.3, -0.25) is 4.79 Å². The Morgan fingerprint density at radius 2 is 1.82 bits per heavy atom. The predicted molar refractivity (Wildman–Crippen MR) is 81.3 cm³/mol. The first kappa shape index (κ1) is 19.4. The average molecular weight is 318 g/mol. The van der Waals surface area contributed by atoms with E-state index >= 15 is 0 Å². The summed E-state index contributed by atoms with van der Waals surface area (Å²) in [5.74, 6) is -0.849. The minimum atomic E-state index is -0.892. The lowest BCUT2D eigenvalue weighted by Gasteiger charge is -2.41. The van der Waals surface area contributed by atoms with Crippen LogP contribution in [0, 0.1) is 10.8 Å². The van der Waals surface area contributed by atoms with E-state index in [2.05, 4.69) is 0 Å². The second-order valence-electron chi connectivity index (χ2n) is 7.71. The third kappa shape index (κ3) is 4.65. The molecule has 1 heterocycles. The molecule has 1 unspecified atom stereocenters. The van der Waals surface area contributed by atoms with Gasteiger partial charge in [0.1, 0.15) is 6.10 Å². The maximum atomic E-state index is 11.3. The van der Waals surface area contributed by atoms with Gasteiger partial charge in [-0.2, -0.15) is 0 Å². The summed E-state index contributed by atoms with van der Waals surface area (Å²) >= 11 is 0. The number of aliphatic hydroxyl groups is 2. The van der Waals surface area contributed by atoms with Crippen molar-refractivity contribution in [2.75, 3.05) is 0 Å². The van der Waals surface area contributed by atoms with Crippen LogP contribution in [0.15, 0.2) is 0 Å². The van der Waals surface area contributed by atoms with Gasteiger partial charge in [0.2, 0.25) is 0 Å². The molecule has 6 heteroatoms. The number of aliphatic hydroxyl groups excluding tert-OH is 2. The van der Waals surface area contributed by atoms with Crippen molar-refractivity contribution < 1.29 is 29.6 Å². The molecule has 0 aliphatic carbocycles. The topological polar surface area (TPSA) is 96.2 Å². The molecule has 1 saturated heterocycles. The Balaban J connectivity index is 2.70. The maximum absolute atomic E-state index is 11.3. The fourth-order valence-electron chi connectivity index (χ4n) is 2.81. The first-order valence-corrected chi connectivity index (χ1v) is 7.77. The van der Waals surface area contributed by atoms with E-state index < -0.39 is 41.4 Å². The number of rotatable bonds is 6. The Morgan fingerprint density at radius 3 is 2.32 bits per heavy atom. The maximum Gasteiger partial charge on any atom is 0.309 e. The molecule has 22 heavy (non-hydrogen) atoms. The summed E-state index contributed by atoms with van der Waals surface area (Å²) in [5.41, 5.74) is -1.28. The summed E-state index contributed by atoms with van der Waals surface area (Å²) in [6.07, 6.45) is -2.48. The highest BCUT2D eigenvalue weighted by molar-refractivity contribution is 5.73. The largest absolute Gasteiger partial charge is 0.481 e. The zero-order chi connectivity index (χ0) is 17.3. The summed E-state index contributed by atoms with van der Waals surface area (Å²) in [6, 6.07) is 0. The normalized spacial score (nSPS) is 31.8. The van der Waals surface area contributed by atoms with E-state index in [1.165, 1.54) is 0 Å². The van der Waals surface area contributed by atoms with Crippen molar-refractivity contribution in [1.29, 1.82) is 0 Å². The molecule has 5 atom stereocenters. The van der Waals surface area contributed by atoms with Crippen molar-refractivity contribution in [2.45, 2.75) is 85.1 Å². The molecule has 0 spiro atoms. The number of aliphatic carboxylic acids is 1. The summed E-state index contributed by atoms with van der Waals surface area (Å²) in [5, 5.41) is 28.9. The molecule has 0 saturated carbocycles. The molecular weight excluding hydrogens is 288 g/mol. The second-order valence-corrected chi connectivity index (χ2v) is 7.71. The van der Waals surface area contributed by atoms with Crippen LogP contribution in [0.1, 0.15) is 54.4 Å². The van der Waals surface area contributed by atoms with Gasteiger partial charge in [-0.25, -0.2) is 0 Å². The molecule has 0 aromatic heterocycles. The third-order valence-corrected chi connectivity index (χ3v) is 4.60. The number of carboxylic acids is 1. The Hall–Kier alpha value is -0.690. The highest BCUT2D eigenvalue weighted by Gasteiger charge is 2.41. The number of hydrogen-bond donors (Lipinski definition) is 3. The first-order valence-electron chi connectivity index (χ1n) is 7.77. The van der Waals surface area contributed by atoms with Gasteiger partial charge in [0.15, 0.2) is 6.29 Å². The molecule has 0 aromatic carbocycles. The van der Waals surface area contributed by atoms with Crippen LogP contribution in [-0.4, -0.2) is 52.0 Å². The SMILES string of the molecule is CC1O[C@@H](O[C@H](C)C(C)(C)CC(C)(C)C(=O)O)[C@@H](O)C[C@H]1O. The van der Waals surface area contributed by atoms with Crippen LogP contribution in [0.5, 0.6) is 0 Å². The van der Waals surface area contributed by atoms with Crippen LogP contribution < -0.4 is 0 Å². The molecule has 1 aliphatic heterocycles. The van der Waals surface area contributed by atoms with Crippen LogP contribution in [0.25, 0.3) is 0 Å². The van der Waals surface area contributed by atoms with Gasteiger partial charge < -0.3 is 24.8 Å². The van der Waals surface area contributed by atoms with Crippen molar-refractivity contribution in [3.05, 3.63) is 0 Å². The number of carboxylic acid groups (broad SMARTS) is 1. The molecule has 6 nitrogen and oxygen atoms in total. The lowest BCUT2D eigenvalue weighted by Crippen LogP contribution is -2.50. The van der Waals surface area contributed by atoms with E-state index in [0.29, 0.717) is 6.42 Å². The van der Waals surface area contributed by atoms with Crippen LogP contribution in [0.2, 0.25) is 0 Å². The van der Waals surface area contributed by atoms with Gasteiger partial charge in [-0.05, 0) is 39.5 Å². The van der Waals surface area contributed by atoms with Crippen molar-refractivity contribution in [3.8, 4) is 0 Å². The van der Waals surface area contributed by atoms with Gasteiger partial charge in [0, 0.05) is 6.42 Å². The monoisotopic (exact) mass is 318 g/mol. The van der Waals surface area contributed by atoms with Gasteiger partial charge in [-0.15, -0.1) is 0 Å². The van der Waals surface area contributed by atoms with Crippen LogP contribution in [0.3, 0.4) is 0 Å². The zero-order valence-electron chi connectivity index (χ0n) is 14.4. The summed E-state index contributed by atoms with van der Waals surface area (Å²) in [7, 11) is 0. The van der Waals surface area contributed by atoms with Crippen LogP contribution >= 0.6 is 0 Å². The van der Waals surface area contributed by atoms with Crippen molar-refractivity contribution in [3.63, 3.8) is 0 Å². The standard InChI is InChI=1S/C16H30O6/c1-9-11(17)7-12(18)13(21-9)22-10(2)15(3,4)8-16(5,6)14(19)20/h9-13,17-18H,7-8H2,1-6H3,(H,19,20)/t9?,10-,11-,12+,13+/m1/s1. The molecule has 1 fully saturated rings. The number of carbonyl (C=O) groups is 1. The Bertz CT molecular complexity index is 392. The van der Waals surface area contributed by atoms with E-state index in [4.69, 9.17) is 9.47 Å². The van der Waals surface area contributed by atoms with E-state index in [1.54, 1.807) is 20.8 Å². The highest BCUT2D eigenvalue weighted by Crippen LogP contribution is 2.38. The second kappa shape index (κ2) is 6.83. The minimum absolute atomic E-state index is 0.208. The molecule has 0 bridgehead atoms. The molecule has 0 radical (unpaired) electrons. The Labute approximate surface area is 132 Å². The summed E-state index contributed by atoms with van der Waals surface area (Å²) < 4.78 is 11.4. The molecule has 1 rings (SSSR count). The Morgan fingerprint density at radius 1 is 1.27 bits per heavy atom. The van der Waals surface area contributed by atoms with Gasteiger partial charge in [0.25, 0.3) is 0 Å². The summed E-state index contributed by atoms with van der Waals surface area (Å²) in [6.45, 7) is 10.8.